The number of halogens is 2. The molecule has 0 aliphatic heterocycles. The first-order valence-electron chi connectivity index (χ1n) is 4.70. The van der Waals surface area contributed by atoms with Crippen LogP contribution in [0.25, 0.3) is 11.6 Å². The van der Waals surface area contributed by atoms with Crippen molar-refractivity contribution >= 4 is 34.2 Å². The van der Waals surface area contributed by atoms with Crippen LogP contribution >= 0.6 is 34.2 Å². The summed E-state index contributed by atoms with van der Waals surface area (Å²) in [6.07, 6.45) is 3.26. The Bertz CT molecular complexity index is 523. The molecule has 0 aliphatic rings. The average molecular weight is 363 g/mol. The predicted octanol–water partition coefficient (Wildman–Crippen LogP) is 2.34. The first-order chi connectivity index (χ1) is 8.22. The van der Waals surface area contributed by atoms with Gasteiger partial charge in [0.2, 0.25) is 0 Å². The van der Waals surface area contributed by atoms with Crippen molar-refractivity contribution in [2.45, 2.75) is 6.61 Å². The fraction of sp³-hybridized carbons (Fsp3) is 0.200. The third-order valence-corrected chi connectivity index (χ3v) is 3.65. The van der Waals surface area contributed by atoms with E-state index >= 15 is 0 Å². The molecule has 2 aromatic heterocycles. The summed E-state index contributed by atoms with van der Waals surface area (Å²) in [6.45, 7) is 0.375. The van der Waals surface area contributed by atoms with E-state index in [9.17, 15) is 0 Å². The summed E-state index contributed by atoms with van der Waals surface area (Å²) in [4.78, 5) is 16.7. The monoisotopic (exact) mass is 362 g/mol. The van der Waals surface area contributed by atoms with Gasteiger partial charge in [-0.25, -0.2) is 19.9 Å². The number of methoxy groups -OCH3 is 1. The largest absolute Gasteiger partial charge is 0.378 e. The summed E-state index contributed by atoms with van der Waals surface area (Å²) in [5.41, 5.74) is 0.732. The van der Waals surface area contributed by atoms with Gasteiger partial charge in [-0.15, -0.1) is 0 Å². The van der Waals surface area contributed by atoms with Crippen molar-refractivity contribution in [3.63, 3.8) is 0 Å². The number of ether oxygens (including phenoxy) is 1. The van der Waals surface area contributed by atoms with Crippen LogP contribution < -0.4 is 0 Å². The molecule has 0 saturated carbocycles. The predicted molar refractivity (Wildman–Crippen MR) is 71.5 cm³/mol. The van der Waals surface area contributed by atoms with Crippen molar-refractivity contribution < 1.29 is 4.74 Å². The molecule has 2 heterocycles. The maximum absolute atomic E-state index is 6.03. The highest BCUT2D eigenvalue weighted by molar-refractivity contribution is 14.1. The molecule has 2 aromatic rings. The van der Waals surface area contributed by atoms with E-state index in [-0.39, 0.29) is 0 Å². The van der Waals surface area contributed by atoms with Gasteiger partial charge in [-0.3, -0.25) is 0 Å². The van der Waals surface area contributed by atoms with Gasteiger partial charge in [0.25, 0.3) is 0 Å². The molecular formula is C10H8ClIN4O. The fourth-order valence-electron chi connectivity index (χ4n) is 1.21. The van der Waals surface area contributed by atoms with E-state index in [4.69, 9.17) is 16.3 Å². The smallest absolute Gasteiger partial charge is 0.199 e. The molecule has 0 radical (unpaired) electrons. The van der Waals surface area contributed by atoms with E-state index in [1.165, 1.54) is 0 Å². The van der Waals surface area contributed by atoms with Gasteiger partial charge in [-0.1, -0.05) is 11.6 Å². The fourth-order valence-corrected chi connectivity index (χ4v) is 1.80. The van der Waals surface area contributed by atoms with Gasteiger partial charge in [-0.05, 0) is 28.7 Å². The highest BCUT2D eigenvalue weighted by Crippen LogP contribution is 2.22. The van der Waals surface area contributed by atoms with Crippen LogP contribution in [0.5, 0.6) is 0 Å². The SMILES string of the molecule is COCc1nc(-c2ncccn2)nc(Cl)c1I. The number of nitrogens with zero attached hydrogens (tertiary/aromatic N) is 4. The van der Waals surface area contributed by atoms with Crippen LogP contribution in [0.4, 0.5) is 0 Å². The molecule has 0 spiro atoms. The zero-order chi connectivity index (χ0) is 12.3. The van der Waals surface area contributed by atoms with Crippen molar-refractivity contribution in [1.29, 1.82) is 0 Å². The topological polar surface area (TPSA) is 60.8 Å². The molecular weight excluding hydrogens is 354 g/mol. The minimum atomic E-state index is 0.375. The molecule has 2 rings (SSSR count). The quantitative estimate of drug-likeness (QED) is 0.619. The van der Waals surface area contributed by atoms with Gasteiger partial charge in [0.15, 0.2) is 11.6 Å². The Kier molecular flexibility index (Phi) is 4.19. The molecule has 0 bridgehead atoms. The standard InChI is InChI=1S/C10H8ClIN4O/c1-17-5-6-7(12)8(11)16-10(15-6)9-13-3-2-4-14-9/h2-4H,5H2,1H3. The first kappa shape index (κ1) is 12.6. The van der Waals surface area contributed by atoms with E-state index in [2.05, 4.69) is 42.5 Å². The van der Waals surface area contributed by atoms with Gasteiger partial charge in [0, 0.05) is 19.5 Å². The zero-order valence-corrected chi connectivity index (χ0v) is 11.8. The van der Waals surface area contributed by atoms with Crippen LogP contribution in [0.3, 0.4) is 0 Å². The Morgan fingerprint density at radius 2 is 1.94 bits per heavy atom. The Morgan fingerprint density at radius 3 is 2.59 bits per heavy atom. The van der Waals surface area contributed by atoms with E-state index in [0.29, 0.717) is 23.4 Å². The normalized spacial score (nSPS) is 10.5. The molecule has 7 heteroatoms. The highest BCUT2D eigenvalue weighted by Gasteiger charge is 2.13. The van der Waals surface area contributed by atoms with E-state index < -0.39 is 0 Å². The van der Waals surface area contributed by atoms with Crippen molar-refractivity contribution in [2.24, 2.45) is 0 Å². The van der Waals surface area contributed by atoms with Crippen molar-refractivity contribution in [3.05, 3.63) is 32.9 Å². The van der Waals surface area contributed by atoms with E-state index in [0.717, 1.165) is 9.26 Å². The Hall–Kier alpha value is -0.860. The molecule has 0 unspecified atom stereocenters. The lowest BCUT2D eigenvalue weighted by molar-refractivity contribution is 0.181. The maximum Gasteiger partial charge on any atom is 0.199 e. The Labute approximate surface area is 117 Å². The number of hydrogen-bond acceptors (Lipinski definition) is 5. The number of hydrogen-bond donors (Lipinski definition) is 0. The van der Waals surface area contributed by atoms with Crippen molar-refractivity contribution in [3.8, 4) is 11.6 Å². The van der Waals surface area contributed by atoms with Gasteiger partial charge < -0.3 is 4.74 Å². The lowest BCUT2D eigenvalue weighted by Gasteiger charge is -2.06. The molecule has 5 nitrogen and oxygen atoms in total. The third kappa shape index (κ3) is 2.88. The third-order valence-electron chi connectivity index (χ3n) is 1.93. The van der Waals surface area contributed by atoms with Crippen LogP contribution in [-0.2, 0) is 11.3 Å². The van der Waals surface area contributed by atoms with Crippen LogP contribution in [-0.4, -0.2) is 27.0 Å². The van der Waals surface area contributed by atoms with Crippen LogP contribution in [0.1, 0.15) is 5.69 Å². The zero-order valence-electron chi connectivity index (χ0n) is 8.89. The number of rotatable bonds is 3. The van der Waals surface area contributed by atoms with Gasteiger partial charge in [-0.2, -0.15) is 0 Å². The molecule has 0 N–H and O–H groups in total. The van der Waals surface area contributed by atoms with Crippen LogP contribution in [0.2, 0.25) is 5.15 Å². The highest BCUT2D eigenvalue weighted by atomic mass is 127. The average Bonchev–Trinajstić information content (AvgIpc) is 2.36. The molecule has 0 atom stereocenters. The lowest BCUT2D eigenvalue weighted by atomic mass is 10.4. The first-order valence-corrected chi connectivity index (χ1v) is 6.16. The van der Waals surface area contributed by atoms with Crippen molar-refractivity contribution in [1.82, 2.24) is 19.9 Å². The second-order valence-corrected chi connectivity index (χ2v) is 4.54. The van der Waals surface area contributed by atoms with Gasteiger partial charge >= 0.3 is 0 Å². The minimum absolute atomic E-state index is 0.375. The van der Waals surface area contributed by atoms with E-state index in [1.807, 2.05) is 0 Å². The summed E-state index contributed by atoms with van der Waals surface area (Å²) in [6, 6.07) is 1.73. The van der Waals surface area contributed by atoms with Crippen LogP contribution in [0.15, 0.2) is 18.5 Å². The Balaban J connectivity index is 2.49. The summed E-state index contributed by atoms with van der Waals surface area (Å²) in [5, 5.41) is 0.384. The maximum atomic E-state index is 6.03. The Morgan fingerprint density at radius 1 is 1.24 bits per heavy atom. The molecule has 88 valence electrons. The van der Waals surface area contributed by atoms with Crippen LogP contribution in [0, 0.1) is 3.57 Å². The second kappa shape index (κ2) is 5.65. The van der Waals surface area contributed by atoms with Gasteiger partial charge in [0.1, 0.15) is 5.15 Å². The molecule has 0 aromatic carbocycles. The summed E-state index contributed by atoms with van der Waals surface area (Å²) in [5.74, 6) is 0.853. The molecule has 0 saturated heterocycles. The minimum Gasteiger partial charge on any atom is -0.378 e. The molecule has 17 heavy (non-hydrogen) atoms. The molecule has 0 amide bonds. The summed E-state index contributed by atoms with van der Waals surface area (Å²) >= 11 is 8.12. The summed E-state index contributed by atoms with van der Waals surface area (Å²) in [7, 11) is 1.60. The van der Waals surface area contributed by atoms with Crippen molar-refractivity contribution in [2.75, 3.05) is 7.11 Å². The number of aromatic nitrogens is 4. The molecule has 0 aliphatic carbocycles. The van der Waals surface area contributed by atoms with E-state index in [1.54, 1.807) is 25.6 Å². The summed E-state index contributed by atoms with van der Waals surface area (Å²) < 4.78 is 5.84. The second-order valence-electron chi connectivity index (χ2n) is 3.10. The van der Waals surface area contributed by atoms with Gasteiger partial charge in [0.05, 0.1) is 15.9 Å². The molecule has 0 fully saturated rings. The lowest BCUT2D eigenvalue weighted by Crippen LogP contribution is -2.03.